The van der Waals surface area contributed by atoms with Crippen molar-refractivity contribution < 1.29 is 4.79 Å². The monoisotopic (exact) mass is 357 g/mol. The van der Waals surface area contributed by atoms with Crippen molar-refractivity contribution in [1.82, 2.24) is 15.2 Å². The number of H-pyrrole nitrogens is 1. The lowest BCUT2D eigenvalue weighted by Gasteiger charge is -2.29. The minimum absolute atomic E-state index is 0.131. The van der Waals surface area contributed by atoms with Gasteiger partial charge in [0.05, 0.1) is 23.6 Å². The van der Waals surface area contributed by atoms with Crippen LogP contribution in [0.1, 0.15) is 5.56 Å². The molecule has 0 amide bonds. The highest BCUT2D eigenvalue weighted by molar-refractivity contribution is 5.84. The molecule has 27 heavy (non-hydrogen) atoms. The molecule has 2 aromatic heterocycles. The molecule has 6 nitrogen and oxygen atoms in total. The molecule has 0 aliphatic rings. The number of aldehydes is 1. The van der Waals surface area contributed by atoms with E-state index in [0.29, 0.717) is 0 Å². The molecule has 4 aromatic rings. The molecule has 0 aliphatic carbocycles. The Balaban J connectivity index is 1.70. The van der Waals surface area contributed by atoms with E-state index in [9.17, 15) is 4.79 Å². The second-order valence-corrected chi connectivity index (χ2v) is 6.42. The van der Waals surface area contributed by atoms with Gasteiger partial charge in [-0.25, -0.2) is 0 Å². The summed E-state index contributed by atoms with van der Waals surface area (Å²) in [4.78, 5) is 16.3. The van der Waals surface area contributed by atoms with Crippen molar-refractivity contribution in [3.05, 3.63) is 78.8 Å². The summed E-state index contributed by atoms with van der Waals surface area (Å²) in [5.41, 5.74) is 9.44. The lowest BCUT2D eigenvalue weighted by molar-refractivity contribution is -0.111. The maximum Gasteiger partial charge on any atom is 0.151 e. The van der Waals surface area contributed by atoms with E-state index in [4.69, 9.17) is 5.73 Å². The smallest absolute Gasteiger partial charge is 0.151 e. The molecule has 6 heteroatoms. The van der Waals surface area contributed by atoms with E-state index < -0.39 is 5.54 Å². The van der Waals surface area contributed by atoms with Crippen LogP contribution in [0.3, 0.4) is 0 Å². The van der Waals surface area contributed by atoms with Crippen LogP contribution < -0.4 is 11.1 Å². The number of carbonyl (C=O) groups is 1. The number of nitrogens with zero attached hydrogens (tertiary/aromatic N) is 2. The van der Waals surface area contributed by atoms with Crippen LogP contribution in [0.15, 0.2) is 73.2 Å². The first-order valence-corrected chi connectivity index (χ1v) is 8.63. The number of hydrogen-bond donors (Lipinski definition) is 3. The number of aromatic nitrogens is 3. The molecule has 134 valence electrons. The number of nitrogens with one attached hydrogen (secondary N) is 2. The van der Waals surface area contributed by atoms with E-state index in [2.05, 4.69) is 20.5 Å². The molecule has 0 bridgehead atoms. The van der Waals surface area contributed by atoms with Gasteiger partial charge in [-0.15, -0.1) is 0 Å². The number of nitrogens with two attached hydrogens (primary N) is 1. The summed E-state index contributed by atoms with van der Waals surface area (Å²) in [6.45, 7) is 0.131. The van der Waals surface area contributed by atoms with Crippen molar-refractivity contribution in [3.8, 4) is 11.1 Å². The number of rotatable bonds is 6. The van der Waals surface area contributed by atoms with Crippen LogP contribution in [0.25, 0.3) is 22.0 Å². The van der Waals surface area contributed by atoms with Gasteiger partial charge in [-0.1, -0.05) is 36.4 Å². The quantitative estimate of drug-likeness (QED) is 0.461. The fraction of sp³-hybridized carbons (Fsp3) is 0.0952. The first-order chi connectivity index (χ1) is 13.2. The molecule has 2 aromatic carbocycles. The van der Waals surface area contributed by atoms with E-state index in [1.54, 1.807) is 18.6 Å². The summed E-state index contributed by atoms with van der Waals surface area (Å²) in [6.07, 6.45) is 6.12. The van der Waals surface area contributed by atoms with Gasteiger partial charge in [-0.3, -0.25) is 10.1 Å². The molecule has 0 aliphatic heterocycles. The van der Waals surface area contributed by atoms with Crippen LogP contribution in [0, 0.1) is 0 Å². The summed E-state index contributed by atoms with van der Waals surface area (Å²) in [7, 11) is 0. The van der Waals surface area contributed by atoms with E-state index >= 15 is 0 Å². The molecular formula is C21H19N5O. The Morgan fingerprint density at radius 3 is 2.67 bits per heavy atom. The second-order valence-electron chi connectivity index (χ2n) is 6.42. The van der Waals surface area contributed by atoms with Crippen molar-refractivity contribution in [2.75, 3.05) is 11.9 Å². The molecule has 4 rings (SSSR count). The van der Waals surface area contributed by atoms with Crippen molar-refractivity contribution in [1.29, 1.82) is 0 Å². The first-order valence-electron chi connectivity index (χ1n) is 8.63. The topological polar surface area (TPSA) is 96.7 Å². The third kappa shape index (κ3) is 3.18. The zero-order valence-corrected chi connectivity index (χ0v) is 14.6. The zero-order chi connectivity index (χ0) is 18.7. The zero-order valence-electron chi connectivity index (χ0n) is 14.6. The molecule has 1 atom stereocenters. The Labute approximate surface area is 156 Å². The summed E-state index contributed by atoms with van der Waals surface area (Å²) in [6, 6.07) is 17.5. The molecular weight excluding hydrogens is 338 g/mol. The molecule has 0 fully saturated rings. The van der Waals surface area contributed by atoms with Gasteiger partial charge in [0.25, 0.3) is 0 Å². The highest BCUT2D eigenvalue weighted by Gasteiger charge is 2.30. The maximum absolute atomic E-state index is 12.0. The molecule has 0 saturated heterocycles. The molecule has 4 N–H and O–H groups in total. The number of pyridine rings is 1. The lowest BCUT2D eigenvalue weighted by Crippen LogP contribution is -2.44. The lowest BCUT2D eigenvalue weighted by atomic mass is 9.91. The van der Waals surface area contributed by atoms with E-state index in [-0.39, 0.29) is 6.54 Å². The number of fused-ring (bicyclic) bond motifs is 1. The molecule has 2 heterocycles. The maximum atomic E-state index is 12.0. The summed E-state index contributed by atoms with van der Waals surface area (Å²) >= 11 is 0. The second kappa shape index (κ2) is 7.01. The van der Waals surface area contributed by atoms with Crippen LogP contribution in [0.2, 0.25) is 0 Å². The average Bonchev–Trinajstić information content (AvgIpc) is 3.21. The van der Waals surface area contributed by atoms with Crippen molar-refractivity contribution in [2.24, 2.45) is 5.73 Å². The molecule has 0 radical (unpaired) electrons. The Hall–Kier alpha value is -3.51. The Kier molecular flexibility index (Phi) is 4.40. The van der Waals surface area contributed by atoms with Crippen molar-refractivity contribution in [3.63, 3.8) is 0 Å². The first kappa shape index (κ1) is 16.9. The number of aromatic amines is 1. The molecule has 1 unspecified atom stereocenters. The number of anilines is 1. The van der Waals surface area contributed by atoms with Gasteiger partial charge in [0, 0.05) is 23.7 Å². The Bertz CT molecular complexity index is 1080. The van der Waals surface area contributed by atoms with Gasteiger partial charge < -0.3 is 15.8 Å². The Morgan fingerprint density at radius 2 is 1.89 bits per heavy atom. The van der Waals surface area contributed by atoms with Gasteiger partial charge in [-0.2, -0.15) is 5.10 Å². The van der Waals surface area contributed by atoms with Crippen LogP contribution in [0.5, 0.6) is 0 Å². The van der Waals surface area contributed by atoms with Crippen molar-refractivity contribution >= 4 is 22.9 Å². The number of benzene rings is 2. The van der Waals surface area contributed by atoms with E-state index in [0.717, 1.165) is 39.6 Å². The average molecular weight is 357 g/mol. The van der Waals surface area contributed by atoms with E-state index in [1.165, 1.54) is 0 Å². The van der Waals surface area contributed by atoms with Gasteiger partial charge in [0.2, 0.25) is 0 Å². The van der Waals surface area contributed by atoms with Gasteiger partial charge in [0.15, 0.2) is 6.29 Å². The van der Waals surface area contributed by atoms with Crippen LogP contribution in [-0.4, -0.2) is 28.0 Å². The van der Waals surface area contributed by atoms with Crippen LogP contribution in [0.4, 0.5) is 5.69 Å². The number of carbonyl (C=O) groups excluding carboxylic acids is 1. The van der Waals surface area contributed by atoms with Gasteiger partial charge in [0.1, 0.15) is 5.54 Å². The minimum Gasteiger partial charge on any atom is -0.367 e. The minimum atomic E-state index is -1.00. The third-order valence-electron chi connectivity index (χ3n) is 4.69. The molecule has 0 saturated carbocycles. The highest BCUT2D eigenvalue weighted by atomic mass is 16.1. The molecule has 0 spiro atoms. The Morgan fingerprint density at radius 1 is 1.04 bits per heavy atom. The largest absolute Gasteiger partial charge is 0.367 e. The highest BCUT2D eigenvalue weighted by Crippen LogP contribution is 2.28. The fourth-order valence-electron chi connectivity index (χ4n) is 3.17. The van der Waals surface area contributed by atoms with Gasteiger partial charge in [-0.05, 0) is 29.3 Å². The normalized spacial score (nSPS) is 13.2. The summed E-state index contributed by atoms with van der Waals surface area (Å²) in [5, 5.41) is 11.3. The standard InChI is InChI=1S/C21H19N5O/c22-13-21(14-27,18-4-2-1-3-5-18)25-19-9-16(10-23-12-19)15-6-7-20-17(8-15)11-24-26-20/h1-12,14,25H,13,22H2,(H,24,26). The predicted molar refractivity (Wildman–Crippen MR) is 106 cm³/mol. The number of hydrogen-bond acceptors (Lipinski definition) is 5. The van der Waals surface area contributed by atoms with Gasteiger partial charge >= 0.3 is 0 Å². The van der Waals surface area contributed by atoms with Crippen molar-refractivity contribution in [2.45, 2.75) is 5.54 Å². The van der Waals surface area contributed by atoms with Crippen LogP contribution in [-0.2, 0) is 10.3 Å². The summed E-state index contributed by atoms with van der Waals surface area (Å²) in [5.74, 6) is 0. The van der Waals surface area contributed by atoms with E-state index in [1.807, 2.05) is 54.6 Å². The third-order valence-corrected chi connectivity index (χ3v) is 4.69. The SMILES string of the molecule is NCC(C=O)(Nc1cncc(-c2ccc3[nH]ncc3c2)c1)c1ccccc1. The predicted octanol–water partition coefficient (Wildman–Crippen LogP) is 3.09. The summed E-state index contributed by atoms with van der Waals surface area (Å²) < 4.78 is 0. The fourth-order valence-corrected chi connectivity index (χ4v) is 3.17. The van der Waals surface area contributed by atoms with Crippen LogP contribution >= 0.6 is 0 Å².